The van der Waals surface area contributed by atoms with Gasteiger partial charge in [0.25, 0.3) is 0 Å². The minimum atomic E-state index is -0.268. The van der Waals surface area contributed by atoms with Crippen LogP contribution in [0.15, 0.2) is 0 Å². The van der Waals surface area contributed by atoms with Gasteiger partial charge in [-0.2, -0.15) is 11.8 Å². The average molecular weight is 262 g/mol. The summed E-state index contributed by atoms with van der Waals surface area (Å²) in [7, 11) is 2.09. The maximum Gasteiger partial charge on any atom is 0.0791 e. The third-order valence-electron chi connectivity index (χ3n) is 2.92. The lowest BCUT2D eigenvalue weighted by molar-refractivity contribution is 0.105. The van der Waals surface area contributed by atoms with Gasteiger partial charge < -0.3 is 15.3 Å². The van der Waals surface area contributed by atoms with Crippen molar-refractivity contribution in [2.24, 2.45) is 5.92 Å². The van der Waals surface area contributed by atoms with Crippen molar-refractivity contribution < 1.29 is 5.11 Å². The molecule has 4 heteroatoms. The van der Waals surface area contributed by atoms with Crippen LogP contribution in [0.3, 0.4) is 0 Å². The number of aliphatic hydroxyl groups is 1. The standard InChI is InChI=1S/C13H30N2OS/c1-11(2)8-14-9-13(16)10-15(4)12(3)6-7-17-5/h11-14,16H,6-10H2,1-5H3. The number of aliphatic hydroxyl groups excluding tert-OH is 1. The zero-order valence-electron chi connectivity index (χ0n) is 12.1. The second kappa shape index (κ2) is 10.2. The highest BCUT2D eigenvalue weighted by atomic mass is 32.2. The lowest BCUT2D eigenvalue weighted by atomic mass is 10.2. The van der Waals surface area contributed by atoms with Crippen LogP contribution in [0.25, 0.3) is 0 Å². The monoisotopic (exact) mass is 262 g/mol. The van der Waals surface area contributed by atoms with E-state index in [1.165, 1.54) is 12.2 Å². The molecule has 0 amide bonds. The van der Waals surface area contributed by atoms with Crippen LogP contribution >= 0.6 is 11.8 Å². The molecule has 0 aromatic rings. The second-order valence-corrected chi connectivity index (χ2v) is 6.26. The maximum absolute atomic E-state index is 9.90. The van der Waals surface area contributed by atoms with Crippen LogP contribution < -0.4 is 5.32 Å². The predicted molar refractivity (Wildman–Crippen MR) is 78.8 cm³/mol. The third-order valence-corrected chi connectivity index (χ3v) is 3.57. The summed E-state index contributed by atoms with van der Waals surface area (Å²) < 4.78 is 0. The maximum atomic E-state index is 9.90. The highest BCUT2D eigenvalue weighted by Gasteiger charge is 2.13. The molecule has 0 aromatic carbocycles. The fourth-order valence-corrected chi connectivity index (χ4v) is 2.20. The molecule has 0 saturated heterocycles. The Morgan fingerprint density at radius 2 is 1.88 bits per heavy atom. The highest BCUT2D eigenvalue weighted by Crippen LogP contribution is 2.06. The summed E-state index contributed by atoms with van der Waals surface area (Å²) in [4.78, 5) is 2.25. The van der Waals surface area contributed by atoms with Crippen molar-refractivity contribution in [3.63, 3.8) is 0 Å². The van der Waals surface area contributed by atoms with Gasteiger partial charge in [-0.25, -0.2) is 0 Å². The quantitative estimate of drug-likeness (QED) is 0.628. The second-order valence-electron chi connectivity index (χ2n) is 5.28. The Bertz CT molecular complexity index is 179. The molecule has 0 spiro atoms. The molecule has 2 unspecified atom stereocenters. The molecule has 0 saturated carbocycles. The topological polar surface area (TPSA) is 35.5 Å². The molecule has 0 aliphatic heterocycles. The van der Waals surface area contributed by atoms with E-state index in [1.54, 1.807) is 0 Å². The van der Waals surface area contributed by atoms with Gasteiger partial charge in [-0.3, -0.25) is 0 Å². The number of thioether (sulfide) groups is 1. The SMILES string of the molecule is CSCCC(C)N(C)CC(O)CNCC(C)C. The van der Waals surface area contributed by atoms with Gasteiger partial charge in [0.15, 0.2) is 0 Å². The van der Waals surface area contributed by atoms with E-state index in [-0.39, 0.29) is 6.10 Å². The molecule has 3 nitrogen and oxygen atoms in total. The van der Waals surface area contributed by atoms with Crippen LogP contribution in [0.2, 0.25) is 0 Å². The Kier molecular flexibility index (Phi) is 10.3. The lowest BCUT2D eigenvalue weighted by Crippen LogP contribution is -2.41. The smallest absolute Gasteiger partial charge is 0.0791 e. The van der Waals surface area contributed by atoms with Crippen LogP contribution in [-0.2, 0) is 0 Å². The summed E-state index contributed by atoms with van der Waals surface area (Å²) in [5, 5.41) is 13.2. The Labute approximate surface area is 111 Å². The minimum absolute atomic E-state index is 0.268. The van der Waals surface area contributed by atoms with Crippen molar-refractivity contribution in [3.05, 3.63) is 0 Å². The van der Waals surface area contributed by atoms with E-state index in [4.69, 9.17) is 0 Å². The summed E-state index contributed by atoms with van der Waals surface area (Å²) in [6.07, 6.45) is 3.05. The first-order valence-electron chi connectivity index (χ1n) is 6.55. The first-order chi connectivity index (χ1) is 7.97. The first-order valence-corrected chi connectivity index (χ1v) is 7.94. The van der Waals surface area contributed by atoms with Crippen molar-refractivity contribution in [3.8, 4) is 0 Å². The molecule has 0 bridgehead atoms. The molecule has 2 atom stereocenters. The Morgan fingerprint density at radius 1 is 1.24 bits per heavy atom. The number of likely N-dealkylation sites (N-methyl/N-ethyl adjacent to an activating group) is 1. The minimum Gasteiger partial charge on any atom is -0.390 e. The summed E-state index contributed by atoms with van der Waals surface area (Å²) in [6, 6.07) is 0.544. The molecule has 104 valence electrons. The molecule has 2 N–H and O–H groups in total. The van der Waals surface area contributed by atoms with Gasteiger partial charge in [0.2, 0.25) is 0 Å². The van der Waals surface area contributed by atoms with Crippen molar-refractivity contribution in [1.29, 1.82) is 0 Å². The molecule has 0 heterocycles. The zero-order valence-corrected chi connectivity index (χ0v) is 12.9. The number of hydrogen-bond acceptors (Lipinski definition) is 4. The largest absolute Gasteiger partial charge is 0.390 e. The van der Waals surface area contributed by atoms with E-state index in [1.807, 2.05) is 11.8 Å². The van der Waals surface area contributed by atoms with Gasteiger partial charge in [-0.05, 0) is 44.9 Å². The van der Waals surface area contributed by atoms with Crippen LogP contribution in [0.4, 0.5) is 0 Å². The molecule has 0 rings (SSSR count). The van der Waals surface area contributed by atoms with Gasteiger partial charge in [0.1, 0.15) is 0 Å². The van der Waals surface area contributed by atoms with Crippen LogP contribution in [-0.4, -0.2) is 60.8 Å². The Balaban J connectivity index is 3.67. The molecular formula is C13H30N2OS. The van der Waals surface area contributed by atoms with Crippen molar-refractivity contribution in [2.45, 2.75) is 39.3 Å². The molecule has 0 radical (unpaired) electrons. The van der Waals surface area contributed by atoms with E-state index in [2.05, 4.69) is 44.3 Å². The molecule has 0 aromatic heterocycles. The van der Waals surface area contributed by atoms with E-state index < -0.39 is 0 Å². The fraction of sp³-hybridized carbons (Fsp3) is 1.00. The molecular weight excluding hydrogens is 232 g/mol. The third kappa shape index (κ3) is 9.89. The van der Waals surface area contributed by atoms with E-state index >= 15 is 0 Å². The van der Waals surface area contributed by atoms with Crippen molar-refractivity contribution >= 4 is 11.8 Å². The molecule has 17 heavy (non-hydrogen) atoms. The van der Waals surface area contributed by atoms with Gasteiger partial charge in [0.05, 0.1) is 6.10 Å². The van der Waals surface area contributed by atoms with Gasteiger partial charge >= 0.3 is 0 Å². The van der Waals surface area contributed by atoms with Gasteiger partial charge in [-0.1, -0.05) is 13.8 Å². The Morgan fingerprint density at radius 3 is 2.41 bits per heavy atom. The summed E-state index contributed by atoms with van der Waals surface area (Å²) in [5.41, 5.74) is 0. The molecule has 0 aliphatic rings. The zero-order chi connectivity index (χ0) is 13.3. The predicted octanol–water partition coefficient (Wildman–Crippen LogP) is 1.67. The van der Waals surface area contributed by atoms with Crippen LogP contribution in [0.1, 0.15) is 27.2 Å². The highest BCUT2D eigenvalue weighted by molar-refractivity contribution is 7.98. The fourth-order valence-electron chi connectivity index (χ4n) is 1.62. The molecule has 0 fully saturated rings. The van der Waals surface area contributed by atoms with Gasteiger partial charge in [0, 0.05) is 19.1 Å². The van der Waals surface area contributed by atoms with Crippen LogP contribution in [0, 0.1) is 5.92 Å². The molecule has 0 aliphatic carbocycles. The van der Waals surface area contributed by atoms with Crippen molar-refractivity contribution in [1.82, 2.24) is 10.2 Å². The lowest BCUT2D eigenvalue weighted by Gasteiger charge is -2.27. The summed E-state index contributed by atoms with van der Waals surface area (Å²) in [6.45, 7) is 9.00. The normalized spacial score (nSPS) is 15.5. The number of hydrogen-bond donors (Lipinski definition) is 2. The van der Waals surface area contributed by atoms with E-state index in [9.17, 15) is 5.11 Å². The summed E-state index contributed by atoms with van der Waals surface area (Å²) >= 11 is 1.88. The van der Waals surface area contributed by atoms with Crippen molar-refractivity contribution in [2.75, 3.05) is 38.7 Å². The van der Waals surface area contributed by atoms with E-state index in [0.29, 0.717) is 18.5 Å². The number of nitrogens with one attached hydrogen (secondary N) is 1. The first kappa shape index (κ1) is 17.2. The van der Waals surface area contributed by atoms with Gasteiger partial charge in [-0.15, -0.1) is 0 Å². The number of nitrogens with zero attached hydrogens (tertiary/aromatic N) is 1. The van der Waals surface area contributed by atoms with E-state index in [0.717, 1.165) is 13.1 Å². The number of rotatable bonds is 10. The Hall–Kier alpha value is 0.230. The van der Waals surface area contributed by atoms with Crippen LogP contribution in [0.5, 0.6) is 0 Å². The summed E-state index contributed by atoms with van der Waals surface area (Å²) in [5.74, 6) is 1.83. The average Bonchev–Trinajstić information content (AvgIpc) is 2.25.